The van der Waals surface area contributed by atoms with Crippen molar-refractivity contribution in [1.29, 1.82) is 0 Å². The molecule has 1 aliphatic carbocycles. The Morgan fingerprint density at radius 1 is 0.526 bits per heavy atom. The van der Waals surface area contributed by atoms with Crippen LogP contribution in [0.15, 0.2) is 140 Å². The molecule has 0 spiro atoms. The molecule has 2 heterocycles. The second-order valence-electron chi connectivity index (χ2n) is 10.0. The van der Waals surface area contributed by atoms with Crippen molar-refractivity contribution in [2.24, 2.45) is 0 Å². The van der Waals surface area contributed by atoms with E-state index in [-0.39, 0.29) is 5.92 Å². The molecule has 0 aliphatic heterocycles. The van der Waals surface area contributed by atoms with Crippen molar-refractivity contribution in [3.63, 3.8) is 0 Å². The summed E-state index contributed by atoms with van der Waals surface area (Å²) in [5.74, 6) is 0.189. The maximum atomic E-state index is 4.45. The van der Waals surface area contributed by atoms with Gasteiger partial charge in [0.2, 0.25) is 0 Å². The smallest absolute Gasteiger partial charge is 0.0547 e. The Labute approximate surface area is 221 Å². The van der Waals surface area contributed by atoms with E-state index < -0.39 is 0 Å². The molecule has 0 saturated carbocycles. The zero-order valence-corrected chi connectivity index (χ0v) is 20.8. The molecule has 0 N–H and O–H groups in total. The highest BCUT2D eigenvalue weighted by molar-refractivity contribution is 6.10. The van der Waals surface area contributed by atoms with E-state index in [1.807, 2.05) is 18.5 Å². The van der Waals surface area contributed by atoms with Crippen LogP contribution in [0.5, 0.6) is 0 Å². The molecule has 8 rings (SSSR count). The van der Waals surface area contributed by atoms with Gasteiger partial charge in [-0.25, -0.2) is 0 Å². The van der Waals surface area contributed by atoms with Gasteiger partial charge in [-0.1, -0.05) is 91.0 Å². The van der Waals surface area contributed by atoms with Gasteiger partial charge < -0.3 is 4.57 Å². The monoisotopic (exact) mass is 484 g/mol. The van der Waals surface area contributed by atoms with Crippen LogP contribution in [-0.2, 0) is 0 Å². The van der Waals surface area contributed by atoms with Crippen molar-refractivity contribution >= 4 is 21.8 Å². The molecule has 1 atom stereocenters. The average molecular weight is 485 g/mol. The third-order valence-electron chi connectivity index (χ3n) is 7.96. The van der Waals surface area contributed by atoms with Crippen molar-refractivity contribution in [2.75, 3.05) is 0 Å². The van der Waals surface area contributed by atoms with Crippen LogP contribution in [0.2, 0.25) is 0 Å². The summed E-state index contributed by atoms with van der Waals surface area (Å²) in [4.78, 5) is 4.45. The number of hydrogen-bond acceptors (Lipinski definition) is 1. The lowest BCUT2D eigenvalue weighted by molar-refractivity contribution is 0.997. The molecule has 1 unspecified atom stereocenters. The molecule has 7 aromatic rings. The fraction of sp³-hybridized carbons (Fsp3) is 0.0278. The fourth-order valence-corrected chi connectivity index (χ4v) is 6.30. The quantitative estimate of drug-likeness (QED) is 0.245. The number of aromatic nitrogens is 2. The van der Waals surface area contributed by atoms with Gasteiger partial charge in [-0.3, -0.25) is 4.98 Å². The Bertz CT molecular complexity index is 1970. The number of para-hydroxylation sites is 2. The van der Waals surface area contributed by atoms with Gasteiger partial charge in [-0.05, 0) is 75.3 Å². The minimum Gasteiger partial charge on any atom is -0.309 e. The predicted octanol–water partition coefficient (Wildman–Crippen LogP) is 9.01. The minimum atomic E-state index is 0.189. The maximum absolute atomic E-state index is 4.45. The van der Waals surface area contributed by atoms with Crippen LogP contribution in [0.3, 0.4) is 0 Å². The molecule has 0 bridgehead atoms. The zero-order valence-electron chi connectivity index (χ0n) is 20.8. The molecule has 2 heteroatoms. The summed E-state index contributed by atoms with van der Waals surface area (Å²) in [6, 6.07) is 46.2. The van der Waals surface area contributed by atoms with E-state index in [2.05, 4.69) is 131 Å². The maximum Gasteiger partial charge on any atom is 0.0547 e. The molecular formula is C36H24N2. The standard InChI is InChI=1S/C36H24N2/c1-2-10-27(11-3-1)38-34-15-7-6-13-30(34)31-19-17-25(22-35(31)38)24-16-18-29-28-12-4-5-14-32(28)36(33(29)21-24)26-9-8-20-37-23-26/h1-23,36H. The van der Waals surface area contributed by atoms with Crippen LogP contribution in [-0.4, -0.2) is 9.55 Å². The minimum absolute atomic E-state index is 0.189. The summed E-state index contributed by atoms with van der Waals surface area (Å²) < 4.78 is 2.38. The SMILES string of the molecule is c1ccc(-n2c3ccccc3c3ccc(-c4ccc5c(c4)C(c4cccnc4)c4ccccc4-5)cc32)cc1. The van der Waals surface area contributed by atoms with Gasteiger partial charge in [0, 0.05) is 34.8 Å². The lowest BCUT2D eigenvalue weighted by Crippen LogP contribution is -1.99. The van der Waals surface area contributed by atoms with Gasteiger partial charge in [0.25, 0.3) is 0 Å². The normalized spacial score (nSPS) is 14.1. The third-order valence-corrected chi connectivity index (χ3v) is 7.96. The molecule has 2 aromatic heterocycles. The highest BCUT2D eigenvalue weighted by Gasteiger charge is 2.30. The second kappa shape index (κ2) is 8.29. The molecular weight excluding hydrogens is 460 g/mol. The van der Waals surface area contributed by atoms with E-state index in [1.54, 1.807) is 0 Å². The van der Waals surface area contributed by atoms with Crippen LogP contribution in [0.1, 0.15) is 22.6 Å². The Hall–Kier alpha value is -4.95. The first-order valence-electron chi connectivity index (χ1n) is 13.1. The lowest BCUT2D eigenvalue weighted by Gasteiger charge is -2.15. The first kappa shape index (κ1) is 21.2. The molecule has 0 radical (unpaired) electrons. The number of nitrogens with zero attached hydrogens (tertiary/aromatic N) is 2. The van der Waals surface area contributed by atoms with Gasteiger partial charge in [0.1, 0.15) is 0 Å². The van der Waals surface area contributed by atoms with Crippen molar-refractivity contribution in [2.45, 2.75) is 5.92 Å². The molecule has 178 valence electrons. The topological polar surface area (TPSA) is 17.8 Å². The van der Waals surface area contributed by atoms with Crippen molar-refractivity contribution < 1.29 is 0 Å². The van der Waals surface area contributed by atoms with E-state index in [0.29, 0.717) is 0 Å². The van der Waals surface area contributed by atoms with E-state index >= 15 is 0 Å². The molecule has 0 fully saturated rings. The van der Waals surface area contributed by atoms with Crippen LogP contribution in [0.4, 0.5) is 0 Å². The summed E-state index contributed by atoms with van der Waals surface area (Å²) in [6.07, 6.45) is 3.86. The van der Waals surface area contributed by atoms with Crippen LogP contribution >= 0.6 is 0 Å². The largest absolute Gasteiger partial charge is 0.309 e. The van der Waals surface area contributed by atoms with Crippen LogP contribution < -0.4 is 0 Å². The van der Waals surface area contributed by atoms with Crippen molar-refractivity contribution in [3.8, 4) is 27.9 Å². The van der Waals surface area contributed by atoms with Gasteiger partial charge in [0.05, 0.1) is 11.0 Å². The Kier molecular flexibility index (Phi) is 4.62. The van der Waals surface area contributed by atoms with E-state index in [1.165, 1.54) is 66.4 Å². The van der Waals surface area contributed by atoms with Crippen molar-refractivity contribution in [1.82, 2.24) is 9.55 Å². The highest BCUT2D eigenvalue weighted by Crippen LogP contribution is 2.49. The Morgan fingerprint density at radius 3 is 2.16 bits per heavy atom. The number of benzene rings is 5. The highest BCUT2D eigenvalue weighted by atomic mass is 15.0. The number of fused-ring (bicyclic) bond motifs is 6. The first-order valence-corrected chi connectivity index (χ1v) is 13.1. The van der Waals surface area contributed by atoms with Crippen LogP contribution in [0, 0.1) is 0 Å². The summed E-state index contributed by atoms with van der Waals surface area (Å²) in [7, 11) is 0. The average Bonchev–Trinajstić information content (AvgIpc) is 3.50. The number of hydrogen-bond donors (Lipinski definition) is 0. The number of pyridine rings is 1. The Morgan fingerprint density at radius 2 is 1.26 bits per heavy atom. The summed E-state index contributed by atoms with van der Waals surface area (Å²) in [6.45, 7) is 0. The van der Waals surface area contributed by atoms with Crippen molar-refractivity contribution in [3.05, 3.63) is 156 Å². The number of rotatable bonds is 3. The fourth-order valence-electron chi connectivity index (χ4n) is 6.30. The third kappa shape index (κ3) is 3.10. The predicted molar refractivity (Wildman–Crippen MR) is 157 cm³/mol. The Balaban J connectivity index is 1.34. The van der Waals surface area contributed by atoms with E-state index in [9.17, 15) is 0 Å². The van der Waals surface area contributed by atoms with Gasteiger partial charge >= 0.3 is 0 Å². The lowest BCUT2D eigenvalue weighted by atomic mass is 9.89. The van der Waals surface area contributed by atoms with Gasteiger partial charge in [0.15, 0.2) is 0 Å². The molecule has 0 saturated heterocycles. The van der Waals surface area contributed by atoms with E-state index in [4.69, 9.17) is 0 Å². The summed E-state index contributed by atoms with van der Waals surface area (Å²) in [5.41, 5.74) is 12.7. The molecule has 38 heavy (non-hydrogen) atoms. The van der Waals surface area contributed by atoms with Gasteiger partial charge in [-0.15, -0.1) is 0 Å². The molecule has 2 nitrogen and oxygen atoms in total. The first-order chi connectivity index (χ1) is 18.9. The molecule has 1 aliphatic rings. The molecule has 0 amide bonds. The summed E-state index contributed by atoms with van der Waals surface area (Å²) >= 11 is 0. The van der Waals surface area contributed by atoms with Gasteiger partial charge in [-0.2, -0.15) is 0 Å². The van der Waals surface area contributed by atoms with Crippen LogP contribution in [0.25, 0.3) is 49.7 Å². The second-order valence-corrected chi connectivity index (χ2v) is 10.0. The zero-order chi connectivity index (χ0) is 25.1. The summed E-state index contributed by atoms with van der Waals surface area (Å²) in [5, 5.41) is 2.55. The van der Waals surface area contributed by atoms with E-state index in [0.717, 1.165) is 0 Å². The molecule has 5 aromatic carbocycles.